The minimum atomic E-state index is -1.53. The maximum atomic E-state index is 9.96. The van der Waals surface area contributed by atoms with Crippen LogP contribution < -0.4 is 5.32 Å². The lowest BCUT2D eigenvalue weighted by Crippen LogP contribution is -2.92. The third kappa shape index (κ3) is 3.52. The molecule has 2 fully saturated rings. The standard InChI is InChI=1S/C12H23NO8/c14-3-5-1-13-2-6(16)11(5)21-12-10(19)9(18)8(17)7(4-15)20-12/h5-19H,1-4H2/p+1/t5-,6-,7-,8-,9+,10-,11-,12+/m1/s1. The highest BCUT2D eigenvalue weighted by atomic mass is 16.7. The summed E-state index contributed by atoms with van der Waals surface area (Å²) in [6.45, 7) is 0.194. The first-order valence-electron chi connectivity index (χ1n) is 7.06. The van der Waals surface area contributed by atoms with Crippen LogP contribution in [0, 0.1) is 5.92 Å². The van der Waals surface area contributed by atoms with Crippen LogP contribution in [-0.4, -0.2) is 99.9 Å². The summed E-state index contributed by atoms with van der Waals surface area (Å²) in [5, 5.41) is 59.5. The van der Waals surface area contributed by atoms with Crippen molar-refractivity contribution in [3.63, 3.8) is 0 Å². The third-order valence-electron chi connectivity index (χ3n) is 4.10. The van der Waals surface area contributed by atoms with Crippen molar-refractivity contribution < 1.29 is 45.4 Å². The Morgan fingerprint density at radius 3 is 2.29 bits per heavy atom. The highest BCUT2D eigenvalue weighted by Gasteiger charge is 2.47. The fourth-order valence-corrected chi connectivity index (χ4v) is 2.78. The van der Waals surface area contributed by atoms with Gasteiger partial charge in [-0.3, -0.25) is 0 Å². The number of aliphatic hydroxyl groups is 6. The first kappa shape index (κ1) is 17.0. The van der Waals surface area contributed by atoms with Crippen LogP contribution in [0.1, 0.15) is 0 Å². The average Bonchev–Trinajstić information content (AvgIpc) is 2.49. The van der Waals surface area contributed by atoms with E-state index in [2.05, 4.69) is 0 Å². The van der Waals surface area contributed by atoms with Gasteiger partial charge in [0.1, 0.15) is 43.2 Å². The number of hydrogen-bond donors (Lipinski definition) is 7. The van der Waals surface area contributed by atoms with Crippen molar-refractivity contribution in [2.75, 3.05) is 26.3 Å². The van der Waals surface area contributed by atoms with Crippen molar-refractivity contribution >= 4 is 0 Å². The summed E-state index contributed by atoms with van der Waals surface area (Å²) in [6.07, 6.45) is -8.48. The van der Waals surface area contributed by atoms with Gasteiger partial charge in [-0.2, -0.15) is 0 Å². The lowest BCUT2D eigenvalue weighted by atomic mass is 9.94. The predicted octanol–water partition coefficient (Wildman–Crippen LogP) is -5.28. The van der Waals surface area contributed by atoms with Crippen LogP contribution in [0.25, 0.3) is 0 Å². The molecule has 0 aromatic heterocycles. The summed E-state index contributed by atoms with van der Waals surface area (Å²) in [4.78, 5) is 0. The van der Waals surface area contributed by atoms with Crippen molar-refractivity contribution in [3.8, 4) is 0 Å². The first-order valence-corrected chi connectivity index (χ1v) is 7.06. The van der Waals surface area contributed by atoms with Gasteiger partial charge < -0.3 is 45.4 Å². The van der Waals surface area contributed by atoms with E-state index in [0.29, 0.717) is 13.1 Å². The molecule has 21 heavy (non-hydrogen) atoms. The van der Waals surface area contributed by atoms with Crippen LogP contribution >= 0.6 is 0 Å². The Kier molecular flexibility index (Phi) is 5.88. The zero-order chi connectivity index (χ0) is 15.6. The van der Waals surface area contributed by atoms with Crippen molar-refractivity contribution in [1.82, 2.24) is 0 Å². The van der Waals surface area contributed by atoms with Gasteiger partial charge in [-0.1, -0.05) is 0 Å². The molecule has 2 aliphatic rings. The molecule has 0 aliphatic carbocycles. The van der Waals surface area contributed by atoms with E-state index in [1.165, 1.54) is 0 Å². The van der Waals surface area contributed by atoms with Crippen molar-refractivity contribution in [3.05, 3.63) is 0 Å². The van der Waals surface area contributed by atoms with E-state index in [0.717, 1.165) is 0 Å². The Balaban J connectivity index is 2.05. The average molecular weight is 310 g/mol. The summed E-state index contributed by atoms with van der Waals surface area (Å²) in [5.41, 5.74) is 0. The predicted molar refractivity (Wildman–Crippen MR) is 66.9 cm³/mol. The van der Waals surface area contributed by atoms with Crippen LogP contribution in [-0.2, 0) is 9.47 Å². The number of ether oxygens (including phenoxy) is 2. The Morgan fingerprint density at radius 1 is 0.952 bits per heavy atom. The van der Waals surface area contributed by atoms with Gasteiger partial charge >= 0.3 is 0 Å². The number of hydrogen-bond acceptors (Lipinski definition) is 8. The lowest BCUT2D eigenvalue weighted by molar-refractivity contribution is -0.681. The van der Waals surface area contributed by atoms with Crippen molar-refractivity contribution in [2.45, 2.75) is 42.9 Å². The zero-order valence-electron chi connectivity index (χ0n) is 11.5. The smallest absolute Gasteiger partial charge is 0.187 e. The normalized spacial score (nSPS) is 48.3. The molecule has 0 aromatic carbocycles. The maximum Gasteiger partial charge on any atom is 0.187 e. The second-order valence-corrected chi connectivity index (χ2v) is 5.57. The van der Waals surface area contributed by atoms with Gasteiger partial charge in [0.25, 0.3) is 0 Å². The SMILES string of the molecule is OC[C@H]1C[NH2+]C[C@@H](O)[C@@H]1O[C@@H]1O[C@H](CO)[C@@H](O)[C@H](O)[C@H]1O. The number of aliphatic hydroxyl groups excluding tert-OH is 6. The summed E-state index contributed by atoms with van der Waals surface area (Å²) in [6, 6.07) is 0. The molecule has 0 spiro atoms. The fourth-order valence-electron chi connectivity index (χ4n) is 2.78. The number of rotatable bonds is 4. The van der Waals surface area contributed by atoms with Crippen LogP contribution in [0.15, 0.2) is 0 Å². The van der Waals surface area contributed by atoms with Gasteiger partial charge in [-0.25, -0.2) is 0 Å². The van der Waals surface area contributed by atoms with E-state index in [1.807, 2.05) is 5.32 Å². The molecule has 2 heterocycles. The number of piperidine rings is 1. The Morgan fingerprint density at radius 2 is 1.67 bits per heavy atom. The second-order valence-electron chi connectivity index (χ2n) is 5.57. The lowest BCUT2D eigenvalue weighted by Gasteiger charge is -2.43. The van der Waals surface area contributed by atoms with Gasteiger partial charge in [0.15, 0.2) is 6.29 Å². The maximum absolute atomic E-state index is 9.96. The number of nitrogens with two attached hydrogens (primary N) is 1. The molecular weight excluding hydrogens is 286 g/mol. The Hall–Kier alpha value is -0.360. The van der Waals surface area contributed by atoms with E-state index in [1.54, 1.807) is 0 Å². The molecule has 2 aliphatic heterocycles. The van der Waals surface area contributed by atoms with Crippen LogP contribution in [0.2, 0.25) is 0 Å². The Labute approximate surface area is 121 Å². The monoisotopic (exact) mass is 310 g/mol. The molecular formula is C12H24NO8+. The quantitative estimate of drug-likeness (QED) is 0.271. The van der Waals surface area contributed by atoms with Gasteiger partial charge in [-0.15, -0.1) is 0 Å². The van der Waals surface area contributed by atoms with Gasteiger partial charge in [0, 0.05) is 0 Å². The molecule has 0 aromatic rings. The Bertz CT molecular complexity index is 330. The number of quaternary nitrogens is 1. The second kappa shape index (κ2) is 7.27. The van der Waals surface area contributed by atoms with Crippen LogP contribution in [0.4, 0.5) is 0 Å². The third-order valence-corrected chi connectivity index (χ3v) is 4.10. The van der Waals surface area contributed by atoms with Gasteiger partial charge in [0.05, 0.1) is 25.7 Å². The van der Waals surface area contributed by atoms with Crippen LogP contribution in [0.5, 0.6) is 0 Å². The summed E-state index contributed by atoms with van der Waals surface area (Å²) in [7, 11) is 0. The fraction of sp³-hybridized carbons (Fsp3) is 1.00. The summed E-state index contributed by atoms with van der Waals surface area (Å²) >= 11 is 0. The molecule has 9 heteroatoms. The topological polar surface area (TPSA) is 156 Å². The molecule has 124 valence electrons. The highest BCUT2D eigenvalue weighted by Crippen LogP contribution is 2.25. The van der Waals surface area contributed by atoms with E-state index in [9.17, 15) is 25.5 Å². The minimum absolute atomic E-state index is 0.199. The van der Waals surface area contributed by atoms with E-state index in [4.69, 9.17) is 14.6 Å². The van der Waals surface area contributed by atoms with Gasteiger partial charge in [0.2, 0.25) is 0 Å². The highest BCUT2D eigenvalue weighted by molar-refractivity contribution is 4.90. The van der Waals surface area contributed by atoms with E-state index < -0.39 is 49.5 Å². The molecule has 8 atom stereocenters. The molecule has 0 unspecified atom stereocenters. The molecule has 0 amide bonds. The van der Waals surface area contributed by atoms with Gasteiger partial charge in [-0.05, 0) is 0 Å². The largest absolute Gasteiger partial charge is 0.396 e. The summed E-state index contributed by atoms with van der Waals surface area (Å²) < 4.78 is 10.8. The van der Waals surface area contributed by atoms with Crippen LogP contribution in [0.3, 0.4) is 0 Å². The van der Waals surface area contributed by atoms with Crippen molar-refractivity contribution in [1.29, 1.82) is 0 Å². The van der Waals surface area contributed by atoms with E-state index >= 15 is 0 Å². The molecule has 2 saturated heterocycles. The molecule has 0 saturated carbocycles. The molecule has 0 bridgehead atoms. The first-order chi connectivity index (χ1) is 9.99. The summed E-state index contributed by atoms with van der Waals surface area (Å²) in [5.74, 6) is -0.346. The zero-order valence-corrected chi connectivity index (χ0v) is 11.5. The minimum Gasteiger partial charge on any atom is -0.396 e. The molecule has 2 rings (SSSR count). The molecule has 0 radical (unpaired) electrons. The molecule has 8 N–H and O–H groups in total. The van der Waals surface area contributed by atoms with E-state index in [-0.39, 0.29) is 12.5 Å². The molecule has 9 nitrogen and oxygen atoms in total. The van der Waals surface area contributed by atoms with Crippen molar-refractivity contribution in [2.24, 2.45) is 5.92 Å².